The second-order valence-corrected chi connectivity index (χ2v) is 6.79. The number of H-pyrrole nitrogens is 1. The van der Waals surface area contributed by atoms with Gasteiger partial charge in [-0.05, 0) is 18.4 Å². The van der Waals surface area contributed by atoms with E-state index in [9.17, 15) is 4.79 Å². The van der Waals surface area contributed by atoms with E-state index >= 15 is 0 Å². The summed E-state index contributed by atoms with van der Waals surface area (Å²) in [7, 11) is 0. The van der Waals surface area contributed by atoms with Crippen molar-refractivity contribution < 1.29 is 4.74 Å². The number of hydrogen-bond acceptors (Lipinski definition) is 6. The van der Waals surface area contributed by atoms with Crippen molar-refractivity contribution in [2.45, 2.75) is 26.1 Å². The Kier molecular flexibility index (Phi) is 4.17. The molecule has 0 aromatic carbocycles. The number of ether oxygens (including phenoxy) is 1. The van der Waals surface area contributed by atoms with Crippen molar-refractivity contribution in [2.24, 2.45) is 0 Å². The van der Waals surface area contributed by atoms with E-state index in [-0.39, 0.29) is 11.7 Å². The average molecular weight is 345 g/mol. The van der Waals surface area contributed by atoms with E-state index in [1.807, 2.05) is 28.5 Å². The average Bonchev–Trinajstić information content (AvgIpc) is 3.24. The number of thiophene rings is 1. The van der Waals surface area contributed by atoms with Gasteiger partial charge in [-0.1, -0.05) is 0 Å². The number of aryl methyl sites for hydroxylation is 1. The van der Waals surface area contributed by atoms with Crippen molar-refractivity contribution in [3.63, 3.8) is 0 Å². The largest absolute Gasteiger partial charge is 0.371 e. The van der Waals surface area contributed by atoms with Crippen LogP contribution < -0.4 is 5.56 Å². The predicted octanol–water partition coefficient (Wildman–Crippen LogP) is 1.77. The quantitative estimate of drug-likeness (QED) is 0.780. The van der Waals surface area contributed by atoms with Crippen molar-refractivity contribution in [2.75, 3.05) is 19.7 Å². The van der Waals surface area contributed by atoms with E-state index < -0.39 is 0 Å². The zero-order valence-electron chi connectivity index (χ0n) is 13.4. The van der Waals surface area contributed by atoms with Crippen LogP contribution in [0.15, 0.2) is 28.6 Å². The summed E-state index contributed by atoms with van der Waals surface area (Å²) < 4.78 is 8.48. The second-order valence-electron chi connectivity index (χ2n) is 5.87. The Labute approximate surface area is 142 Å². The molecule has 4 rings (SSSR count). The summed E-state index contributed by atoms with van der Waals surface area (Å²) in [6.45, 7) is 5.77. The minimum absolute atomic E-state index is 0.00986. The Morgan fingerprint density at radius 3 is 3.25 bits per heavy atom. The maximum Gasteiger partial charge on any atom is 0.268 e. The lowest BCUT2D eigenvalue weighted by molar-refractivity contribution is -0.0337. The number of morpholine rings is 1. The van der Waals surface area contributed by atoms with Gasteiger partial charge in [0.15, 0.2) is 0 Å². The highest BCUT2D eigenvalue weighted by Gasteiger charge is 2.24. The van der Waals surface area contributed by atoms with Gasteiger partial charge in [0.2, 0.25) is 0 Å². The van der Waals surface area contributed by atoms with Gasteiger partial charge in [-0.25, -0.2) is 4.98 Å². The number of hydrogen-bond donors (Lipinski definition) is 1. The zero-order chi connectivity index (χ0) is 16.5. The molecule has 0 spiro atoms. The van der Waals surface area contributed by atoms with Gasteiger partial charge in [-0.3, -0.25) is 14.4 Å². The third kappa shape index (κ3) is 3.00. The van der Waals surface area contributed by atoms with Crippen molar-refractivity contribution >= 4 is 21.6 Å². The molecule has 1 saturated heterocycles. The highest BCUT2D eigenvalue weighted by molar-refractivity contribution is 7.17. The molecule has 126 valence electrons. The minimum Gasteiger partial charge on any atom is -0.371 e. The maximum absolute atomic E-state index is 12.1. The van der Waals surface area contributed by atoms with Crippen molar-refractivity contribution in [3.05, 3.63) is 45.6 Å². The molecule has 1 aliphatic rings. The van der Waals surface area contributed by atoms with Crippen LogP contribution >= 0.6 is 11.3 Å². The SMILES string of the molecule is CCn1cc([C@H]2CN(Cc3nc4ccsc4c(=O)[nH]3)CCO2)cn1. The molecule has 1 aliphatic heterocycles. The number of rotatable bonds is 4. The van der Waals surface area contributed by atoms with Gasteiger partial charge in [-0.2, -0.15) is 5.10 Å². The molecule has 0 saturated carbocycles. The zero-order valence-corrected chi connectivity index (χ0v) is 14.3. The number of nitrogens with one attached hydrogen (secondary N) is 1. The molecule has 3 aromatic rings. The van der Waals surface area contributed by atoms with E-state index in [0.717, 1.165) is 30.7 Å². The van der Waals surface area contributed by atoms with Crippen LogP contribution in [0.1, 0.15) is 24.4 Å². The summed E-state index contributed by atoms with van der Waals surface area (Å²) >= 11 is 1.42. The summed E-state index contributed by atoms with van der Waals surface area (Å²) in [5.74, 6) is 0.704. The molecular formula is C16H19N5O2S. The van der Waals surface area contributed by atoms with E-state index in [0.29, 0.717) is 23.7 Å². The number of fused-ring (bicyclic) bond motifs is 1. The molecule has 4 heterocycles. The van der Waals surface area contributed by atoms with Crippen LogP contribution in [0.25, 0.3) is 10.2 Å². The fraction of sp³-hybridized carbons (Fsp3) is 0.438. The van der Waals surface area contributed by atoms with Crippen LogP contribution in [0.4, 0.5) is 0 Å². The van der Waals surface area contributed by atoms with Gasteiger partial charge in [-0.15, -0.1) is 11.3 Å². The van der Waals surface area contributed by atoms with Crippen LogP contribution in [0.2, 0.25) is 0 Å². The first-order valence-electron chi connectivity index (χ1n) is 8.05. The highest BCUT2D eigenvalue weighted by atomic mass is 32.1. The molecule has 8 heteroatoms. The van der Waals surface area contributed by atoms with Gasteiger partial charge in [0, 0.05) is 31.4 Å². The molecule has 1 fully saturated rings. The van der Waals surface area contributed by atoms with Crippen LogP contribution in [-0.4, -0.2) is 44.3 Å². The van der Waals surface area contributed by atoms with Gasteiger partial charge >= 0.3 is 0 Å². The van der Waals surface area contributed by atoms with E-state index in [4.69, 9.17) is 4.74 Å². The Balaban J connectivity index is 1.50. The van der Waals surface area contributed by atoms with Gasteiger partial charge in [0.25, 0.3) is 5.56 Å². The first kappa shape index (κ1) is 15.5. The third-order valence-electron chi connectivity index (χ3n) is 4.24. The first-order valence-corrected chi connectivity index (χ1v) is 8.93. The minimum atomic E-state index is -0.0565. The Bertz CT molecular complexity index is 899. The molecule has 24 heavy (non-hydrogen) atoms. The van der Waals surface area contributed by atoms with Gasteiger partial charge in [0.1, 0.15) is 10.5 Å². The molecule has 3 aromatic heterocycles. The fourth-order valence-electron chi connectivity index (χ4n) is 2.97. The second kappa shape index (κ2) is 6.46. The van der Waals surface area contributed by atoms with Gasteiger partial charge in [0.05, 0.1) is 31.0 Å². The molecule has 0 unspecified atom stereocenters. The molecule has 0 amide bonds. The standard InChI is InChI=1S/C16H19N5O2S/c1-2-21-8-11(7-17-21)13-9-20(4-5-23-13)10-14-18-12-3-6-24-15(12)16(22)19-14/h3,6-8,13H,2,4-5,9-10H2,1H3,(H,18,19,22)/t13-/m1/s1. The summed E-state index contributed by atoms with van der Waals surface area (Å²) in [6, 6.07) is 1.89. The van der Waals surface area contributed by atoms with E-state index in [1.165, 1.54) is 11.3 Å². The normalized spacial score (nSPS) is 19.1. The van der Waals surface area contributed by atoms with E-state index in [2.05, 4.69) is 26.9 Å². The Hall–Kier alpha value is -2.03. The number of aromatic amines is 1. The number of aromatic nitrogens is 4. The summed E-state index contributed by atoms with van der Waals surface area (Å²) in [4.78, 5) is 21.8. The first-order chi connectivity index (χ1) is 11.7. The van der Waals surface area contributed by atoms with E-state index in [1.54, 1.807) is 0 Å². The predicted molar refractivity (Wildman–Crippen MR) is 92.1 cm³/mol. The van der Waals surface area contributed by atoms with Crippen LogP contribution in [0.5, 0.6) is 0 Å². The third-order valence-corrected chi connectivity index (χ3v) is 5.14. The number of nitrogens with zero attached hydrogens (tertiary/aromatic N) is 4. The lowest BCUT2D eigenvalue weighted by Crippen LogP contribution is -2.38. The monoisotopic (exact) mass is 345 g/mol. The Morgan fingerprint density at radius 1 is 1.50 bits per heavy atom. The highest BCUT2D eigenvalue weighted by Crippen LogP contribution is 2.22. The maximum atomic E-state index is 12.1. The van der Waals surface area contributed by atoms with Crippen molar-refractivity contribution in [3.8, 4) is 0 Å². The molecule has 7 nitrogen and oxygen atoms in total. The Morgan fingerprint density at radius 2 is 2.42 bits per heavy atom. The molecular weight excluding hydrogens is 326 g/mol. The summed E-state index contributed by atoms with van der Waals surface area (Å²) in [6.07, 6.45) is 3.91. The molecule has 0 aliphatic carbocycles. The van der Waals surface area contributed by atoms with Crippen LogP contribution in [0.3, 0.4) is 0 Å². The van der Waals surface area contributed by atoms with Crippen LogP contribution in [0, 0.1) is 0 Å². The van der Waals surface area contributed by atoms with Gasteiger partial charge < -0.3 is 9.72 Å². The topological polar surface area (TPSA) is 76.0 Å². The smallest absolute Gasteiger partial charge is 0.268 e. The lowest BCUT2D eigenvalue weighted by atomic mass is 10.1. The van der Waals surface area contributed by atoms with Crippen molar-refractivity contribution in [1.29, 1.82) is 0 Å². The summed E-state index contributed by atoms with van der Waals surface area (Å²) in [5.41, 5.74) is 1.81. The lowest BCUT2D eigenvalue weighted by Gasteiger charge is -2.32. The van der Waals surface area contributed by atoms with Crippen LogP contribution in [-0.2, 0) is 17.8 Å². The van der Waals surface area contributed by atoms with Crippen molar-refractivity contribution in [1.82, 2.24) is 24.6 Å². The molecule has 1 atom stereocenters. The molecule has 0 radical (unpaired) electrons. The molecule has 1 N–H and O–H groups in total. The fourth-order valence-corrected chi connectivity index (χ4v) is 3.70. The summed E-state index contributed by atoms with van der Waals surface area (Å²) in [5, 5.41) is 6.21. The molecule has 0 bridgehead atoms.